The van der Waals surface area contributed by atoms with Crippen LogP contribution in [0.2, 0.25) is 4.34 Å². The normalized spacial score (nSPS) is 16.1. The minimum atomic E-state index is -1.02. The van der Waals surface area contributed by atoms with Gasteiger partial charge in [0.05, 0.1) is 16.3 Å². The van der Waals surface area contributed by atoms with Crippen LogP contribution >= 0.6 is 22.9 Å². The lowest BCUT2D eigenvalue weighted by Gasteiger charge is -2.40. The van der Waals surface area contributed by atoms with Crippen molar-refractivity contribution in [3.8, 4) is 5.06 Å². The Morgan fingerprint density at radius 3 is 2.83 bits per heavy atom. The molecule has 0 bridgehead atoms. The fourth-order valence-corrected chi connectivity index (χ4v) is 5.23. The molecule has 10 nitrogen and oxygen atoms in total. The highest BCUT2D eigenvalue weighted by molar-refractivity contribution is 7.18. The standard InChI is InChI=1S/C23H24ClN5O5S/c1-2-17-22(33)28(10-13-3-4-15-16(7-13)26-12-27-21(15)25)5-6-29(17)19(30)11-34-23-14(9-20(31)32)8-18(24)35-23/h3-4,7-8,12,17H,2,5-6,9-11H2,1H3,(H,31,32)(H2,25,26,27). The van der Waals surface area contributed by atoms with E-state index in [0.717, 1.165) is 22.3 Å². The summed E-state index contributed by atoms with van der Waals surface area (Å²) in [5, 5.41) is 10.1. The van der Waals surface area contributed by atoms with Crippen molar-refractivity contribution in [1.29, 1.82) is 0 Å². The number of ether oxygens (including phenoxy) is 1. The smallest absolute Gasteiger partial charge is 0.307 e. The van der Waals surface area contributed by atoms with Crippen LogP contribution in [0.5, 0.6) is 5.06 Å². The van der Waals surface area contributed by atoms with E-state index in [0.29, 0.717) is 52.4 Å². The van der Waals surface area contributed by atoms with E-state index < -0.39 is 12.0 Å². The van der Waals surface area contributed by atoms with Crippen molar-refractivity contribution in [1.82, 2.24) is 19.8 Å². The molecule has 1 aliphatic heterocycles. The highest BCUT2D eigenvalue weighted by Gasteiger charge is 2.36. The molecule has 3 heterocycles. The van der Waals surface area contributed by atoms with Crippen molar-refractivity contribution in [2.24, 2.45) is 0 Å². The molecule has 0 radical (unpaired) electrons. The molecule has 12 heteroatoms. The highest BCUT2D eigenvalue weighted by atomic mass is 35.5. The van der Waals surface area contributed by atoms with Crippen molar-refractivity contribution >= 4 is 57.4 Å². The number of hydrogen-bond acceptors (Lipinski definition) is 8. The van der Waals surface area contributed by atoms with Crippen LogP contribution in [-0.2, 0) is 27.3 Å². The molecule has 1 saturated heterocycles. The number of amides is 2. The van der Waals surface area contributed by atoms with Crippen molar-refractivity contribution < 1.29 is 24.2 Å². The molecule has 3 aromatic rings. The molecule has 1 aliphatic rings. The molecule has 1 unspecified atom stereocenters. The monoisotopic (exact) mass is 517 g/mol. The number of aliphatic carboxylic acids is 1. The van der Waals surface area contributed by atoms with Gasteiger partial charge in [0.1, 0.15) is 18.2 Å². The van der Waals surface area contributed by atoms with Crippen LogP contribution in [0.3, 0.4) is 0 Å². The van der Waals surface area contributed by atoms with Gasteiger partial charge in [-0.25, -0.2) is 9.97 Å². The zero-order chi connectivity index (χ0) is 25.1. The maximum absolute atomic E-state index is 13.2. The minimum absolute atomic E-state index is 0.139. The van der Waals surface area contributed by atoms with Crippen LogP contribution in [0.4, 0.5) is 5.82 Å². The number of nitrogens with two attached hydrogens (primary N) is 1. The summed E-state index contributed by atoms with van der Waals surface area (Å²) in [5.74, 6) is -1.10. The maximum Gasteiger partial charge on any atom is 0.307 e. The number of carbonyl (C=O) groups is 3. The topological polar surface area (TPSA) is 139 Å². The summed E-state index contributed by atoms with van der Waals surface area (Å²) in [6, 6.07) is 6.53. The first-order valence-electron chi connectivity index (χ1n) is 11.0. The van der Waals surface area contributed by atoms with Gasteiger partial charge < -0.3 is 25.4 Å². The quantitative estimate of drug-likeness (QED) is 0.464. The van der Waals surface area contributed by atoms with E-state index in [1.165, 1.54) is 17.3 Å². The third kappa shape index (κ3) is 5.46. The van der Waals surface area contributed by atoms with Crippen molar-refractivity contribution in [3.63, 3.8) is 0 Å². The number of aromatic nitrogens is 2. The first-order chi connectivity index (χ1) is 16.8. The number of hydrogen-bond donors (Lipinski definition) is 2. The van der Waals surface area contributed by atoms with Crippen LogP contribution < -0.4 is 10.5 Å². The van der Waals surface area contributed by atoms with Crippen molar-refractivity contribution in [3.05, 3.63) is 46.1 Å². The molecular formula is C23H24ClN5O5S. The number of thiophene rings is 1. The number of piperazine rings is 1. The zero-order valence-electron chi connectivity index (χ0n) is 18.9. The van der Waals surface area contributed by atoms with Crippen LogP contribution in [0, 0.1) is 0 Å². The summed E-state index contributed by atoms with van der Waals surface area (Å²) in [5.41, 5.74) is 7.91. The summed E-state index contributed by atoms with van der Waals surface area (Å²) < 4.78 is 5.98. The number of benzene rings is 1. The lowest BCUT2D eigenvalue weighted by atomic mass is 10.1. The van der Waals surface area contributed by atoms with Gasteiger partial charge in [-0.15, -0.1) is 0 Å². The van der Waals surface area contributed by atoms with Crippen LogP contribution in [0.25, 0.3) is 10.9 Å². The van der Waals surface area contributed by atoms with Gasteiger partial charge in [0.2, 0.25) is 5.91 Å². The molecule has 0 aliphatic carbocycles. The molecule has 0 spiro atoms. The fourth-order valence-electron chi connectivity index (χ4n) is 4.13. The molecule has 1 atom stereocenters. The number of carboxylic acids is 1. The molecule has 4 rings (SSSR count). The second-order valence-electron chi connectivity index (χ2n) is 8.10. The zero-order valence-corrected chi connectivity index (χ0v) is 20.5. The van der Waals surface area contributed by atoms with E-state index in [1.54, 1.807) is 4.90 Å². The molecule has 0 saturated carbocycles. The molecule has 2 amide bonds. The van der Waals surface area contributed by atoms with Crippen LogP contribution in [0.15, 0.2) is 30.6 Å². The predicted molar refractivity (Wildman–Crippen MR) is 131 cm³/mol. The molecule has 2 aromatic heterocycles. The van der Waals surface area contributed by atoms with E-state index in [2.05, 4.69) is 9.97 Å². The number of rotatable bonds is 8. The Balaban J connectivity index is 1.41. The Bertz CT molecular complexity index is 1280. The summed E-state index contributed by atoms with van der Waals surface area (Å²) in [6.45, 7) is 2.67. The summed E-state index contributed by atoms with van der Waals surface area (Å²) in [4.78, 5) is 48.7. The van der Waals surface area contributed by atoms with Crippen LogP contribution in [-0.4, -0.2) is 68.4 Å². The molecule has 35 heavy (non-hydrogen) atoms. The maximum atomic E-state index is 13.2. The summed E-state index contributed by atoms with van der Waals surface area (Å²) >= 11 is 7.06. The second kappa shape index (κ2) is 10.4. The third-order valence-electron chi connectivity index (χ3n) is 5.80. The van der Waals surface area contributed by atoms with Gasteiger partial charge in [0, 0.05) is 30.6 Å². The molecule has 3 N–H and O–H groups in total. The lowest BCUT2D eigenvalue weighted by Crippen LogP contribution is -2.59. The lowest BCUT2D eigenvalue weighted by molar-refractivity contribution is -0.153. The van der Waals surface area contributed by atoms with Gasteiger partial charge in [-0.05, 0) is 30.2 Å². The van der Waals surface area contributed by atoms with Gasteiger partial charge in [0.25, 0.3) is 5.91 Å². The predicted octanol–water partition coefficient (Wildman–Crippen LogP) is 2.58. The summed E-state index contributed by atoms with van der Waals surface area (Å²) in [6.07, 6.45) is 1.60. The van der Waals surface area contributed by atoms with Crippen molar-refractivity contribution in [2.75, 3.05) is 25.4 Å². The first kappa shape index (κ1) is 24.7. The Hall–Kier alpha value is -3.44. The first-order valence-corrected chi connectivity index (χ1v) is 12.2. The highest BCUT2D eigenvalue weighted by Crippen LogP contribution is 2.34. The Morgan fingerprint density at radius 1 is 1.29 bits per heavy atom. The third-order valence-corrected chi connectivity index (χ3v) is 7.02. The molecular weight excluding hydrogens is 494 g/mol. The SMILES string of the molecule is CCC1C(=O)N(Cc2ccc3c(N)ncnc3c2)CCN1C(=O)COc1sc(Cl)cc1CC(=O)O. The van der Waals surface area contributed by atoms with Crippen molar-refractivity contribution in [2.45, 2.75) is 32.4 Å². The largest absolute Gasteiger partial charge is 0.481 e. The van der Waals surface area contributed by atoms with E-state index in [9.17, 15) is 14.4 Å². The number of anilines is 1. The number of nitrogen functional groups attached to an aromatic ring is 1. The molecule has 184 valence electrons. The van der Waals surface area contributed by atoms with E-state index in [-0.39, 0.29) is 24.8 Å². The van der Waals surface area contributed by atoms with Gasteiger partial charge >= 0.3 is 5.97 Å². The van der Waals surface area contributed by atoms with Gasteiger partial charge in [-0.1, -0.05) is 35.9 Å². The minimum Gasteiger partial charge on any atom is -0.481 e. The molecule has 1 fully saturated rings. The van der Waals surface area contributed by atoms with Gasteiger partial charge in [-0.3, -0.25) is 14.4 Å². The Morgan fingerprint density at radius 2 is 2.09 bits per heavy atom. The molecule has 1 aromatic carbocycles. The number of carbonyl (C=O) groups excluding carboxylic acids is 2. The van der Waals surface area contributed by atoms with E-state index in [4.69, 9.17) is 27.2 Å². The summed E-state index contributed by atoms with van der Waals surface area (Å²) in [7, 11) is 0. The Labute approximate surface area is 210 Å². The number of fused-ring (bicyclic) bond motifs is 1. The second-order valence-corrected chi connectivity index (χ2v) is 9.75. The van der Waals surface area contributed by atoms with Crippen LogP contribution in [0.1, 0.15) is 24.5 Å². The average Bonchev–Trinajstić information content (AvgIpc) is 3.16. The fraction of sp³-hybridized carbons (Fsp3) is 0.348. The van der Waals surface area contributed by atoms with E-state index in [1.807, 2.05) is 25.1 Å². The van der Waals surface area contributed by atoms with Gasteiger partial charge in [-0.2, -0.15) is 0 Å². The van der Waals surface area contributed by atoms with Gasteiger partial charge in [0.15, 0.2) is 11.7 Å². The Kier molecular flexibility index (Phi) is 7.37. The number of carboxylic acid groups (broad SMARTS) is 1. The number of nitrogens with zero attached hydrogens (tertiary/aromatic N) is 4. The average molecular weight is 518 g/mol. The van der Waals surface area contributed by atoms with E-state index >= 15 is 0 Å². The number of halogens is 1.